The highest BCUT2D eigenvalue weighted by atomic mass is 19.1. The highest BCUT2D eigenvalue weighted by molar-refractivity contribution is 5.26. The Bertz CT molecular complexity index is 200. The van der Waals surface area contributed by atoms with Crippen LogP contribution in [0.4, 0.5) is 8.78 Å². The zero-order valence-electron chi connectivity index (χ0n) is 6.82. The van der Waals surface area contributed by atoms with Gasteiger partial charge < -0.3 is 0 Å². The molecule has 2 heteroatoms. The van der Waals surface area contributed by atoms with Gasteiger partial charge in [-0.3, -0.25) is 0 Å². The summed E-state index contributed by atoms with van der Waals surface area (Å²) in [4.78, 5) is 0. The molecule has 0 heterocycles. The first-order valence-electron chi connectivity index (χ1n) is 3.46. The zero-order valence-corrected chi connectivity index (χ0v) is 6.82. The van der Waals surface area contributed by atoms with Gasteiger partial charge in [-0.1, -0.05) is 13.5 Å². The van der Waals surface area contributed by atoms with Crippen molar-refractivity contribution in [3.05, 3.63) is 36.0 Å². The maximum Gasteiger partial charge on any atom is 0.125 e. The Morgan fingerprint density at radius 1 is 1.45 bits per heavy atom. The second-order valence-corrected chi connectivity index (χ2v) is 2.18. The van der Waals surface area contributed by atoms with E-state index in [1.54, 1.807) is 6.92 Å². The lowest BCUT2D eigenvalue weighted by Gasteiger charge is -1.93. The molecule has 0 bridgehead atoms. The molecule has 0 rings (SSSR count). The third-order valence-electron chi connectivity index (χ3n) is 1.27. The summed E-state index contributed by atoms with van der Waals surface area (Å²) in [6.07, 6.45) is 2.54. The Morgan fingerprint density at radius 2 is 2.00 bits per heavy atom. The average Bonchev–Trinajstić information content (AvgIpc) is 2.02. The lowest BCUT2D eigenvalue weighted by Crippen LogP contribution is -1.76. The number of hydrogen-bond acceptors (Lipinski definition) is 0. The maximum atomic E-state index is 12.6. The van der Waals surface area contributed by atoms with E-state index < -0.39 is 5.83 Å². The predicted molar refractivity (Wildman–Crippen MR) is 43.5 cm³/mol. The molecule has 0 radical (unpaired) electrons. The lowest BCUT2D eigenvalue weighted by atomic mass is 10.2. The molecule has 62 valence electrons. The van der Waals surface area contributed by atoms with Crippen LogP contribution in [-0.2, 0) is 0 Å². The Hall–Kier alpha value is -0.920. The molecule has 0 aliphatic rings. The topological polar surface area (TPSA) is 0 Å². The predicted octanol–water partition coefficient (Wildman–Crippen LogP) is 3.68. The minimum atomic E-state index is -0.478. The van der Waals surface area contributed by atoms with Crippen molar-refractivity contribution in [2.45, 2.75) is 20.3 Å². The Morgan fingerprint density at radius 3 is 2.36 bits per heavy atom. The molecule has 0 spiro atoms. The van der Waals surface area contributed by atoms with Gasteiger partial charge in [0.1, 0.15) is 5.83 Å². The van der Waals surface area contributed by atoms with Crippen LogP contribution < -0.4 is 0 Å². The number of rotatable bonds is 3. The van der Waals surface area contributed by atoms with E-state index in [1.807, 2.05) is 0 Å². The number of halogens is 2. The first-order chi connectivity index (χ1) is 5.11. The van der Waals surface area contributed by atoms with E-state index in [9.17, 15) is 8.78 Å². The van der Waals surface area contributed by atoms with Crippen LogP contribution in [0.1, 0.15) is 20.3 Å². The standard InChI is InChI=1S/C9H12F2/c1-4-8(10)6-7(3)9(11)5-2/h5-6H,2,4H2,1,3H3/b8-6+,9-7+. The summed E-state index contributed by atoms with van der Waals surface area (Å²) in [5.74, 6) is -0.798. The molecule has 0 fully saturated rings. The van der Waals surface area contributed by atoms with Crippen molar-refractivity contribution in [1.82, 2.24) is 0 Å². The molecule has 0 amide bonds. The van der Waals surface area contributed by atoms with Crippen LogP contribution in [0, 0.1) is 0 Å². The van der Waals surface area contributed by atoms with Gasteiger partial charge in [0.15, 0.2) is 0 Å². The van der Waals surface area contributed by atoms with Gasteiger partial charge in [0.2, 0.25) is 0 Å². The minimum absolute atomic E-state index is 0.277. The van der Waals surface area contributed by atoms with E-state index in [-0.39, 0.29) is 11.4 Å². The molecule has 0 unspecified atom stereocenters. The molecule has 0 aliphatic heterocycles. The molecule has 0 aromatic heterocycles. The summed E-state index contributed by atoms with van der Waals surface area (Å²) < 4.78 is 25.1. The van der Waals surface area contributed by atoms with Crippen LogP contribution in [0.25, 0.3) is 0 Å². The highest BCUT2D eigenvalue weighted by Crippen LogP contribution is 2.12. The van der Waals surface area contributed by atoms with Crippen molar-refractivity contribution in [3.63, 3.8) is 0 Å². The van der Waals surface area contributed by atoms with Gasteiger partial charge in [-0.2, -0.15) is 0 Å². The van der Waals surface area contributed by atoms with E-state index in [0.717, 1.165) is 6.08 Å². The maximum absolute atomic E-state index is 12.6. The van der Waals surface area contributed by atoms with Crippen LogP contribution in [-0.4, -0.2) is 0 Å². The third kappa shape index (κ3) is 3.71. The van der Waals surface area contributed by atoms with Gasteiger partial charge in [0, 0.05) is 0 Å². The van der Waals surface area contributed by atoms with E-state index >= 15 is 0 Å². The summed E-state index contributed by atoms with van der Waals surface area (Å²) in [5, 5.41) is 0. The van der Waals surface area contributed by atoms with Crippen LogP contribution in [0.3, 0.4) is 0 Å². The fourth-order valence-corrected chi connectivity index (χ4v) is 0.567. The largest absolute Gasteiger partial charge is 0.212 e. The molecular formula is C9H12F2. The summed E-state index contributed by atoms with van der Waals surface area (Å²) in [6.45, 7) is 6.41. The van der Waals surface area contributed by atoms with Gasteiger partial charge in [-0.05, 0) is 31.1 Å². The van der Waals surface area contributed by atoms with Gasteiger partial charge >= 0.3 is 0 Å². The van der Waals surface area contributed by atoms with Crippen LogP contribution in [0.15, 0.2) is 36.0 Å². The zero-order chi connectivity index (χ0) is 8.85. The van der Waals surface area contributed by atoms with Gasteiger partial charge in [-0.25, -0.2) is 8.78 Å². The highest BCUT2D eigenvalue weighted by Gasteiger charge is 1.95. The van der Waals surface area contributed by atoms with E-state index in [0.29, 0.717) is 6.42 Å². The smallest absolute Gasteiger partial charge is 0.125 e. The van der Waals surface area contributed by atoms with E-state index in [2.05, 4.69) is 6.58 Å². The Labute approximate surface area is 65.9 Å². The first kappa shape index (κ1) is 10.1. The van der Waals surface area contributed by atoms with Crippen LogP contribution in [0.5, 0.6) is 0 Å². The Balaban J connectivity index is 4.49. The molecule has 0 atom stereocenters. The van der Waals surface area contributed by atoms with Crippen molar-refractivity contribution in [1.29, 1.82) is 0 Å². The fourth-order valence-electron chi connectivity index (χ4n) is 0.567. The SMILES string of the molecule is C=C/C(F)=C(C)\C=C(\F)CC. The number of hydrogen-bond donors (Lipinski definition) is 0. The Kier molecular flexibility index (Phi) is 4.42. The second kappa shape index (κ2) is 4.83. The van der Waals surface area contributed by atoms with Gasteiger partial charge in [0.25, 0.3) is 0 Å². The molecule has 0 N–H and O–H groups in total. The quantitative estimate of drug-likeness (QED) is 0.549. The molecule has 0 aromatic rings. The summed E-state index contributed by atoms with van der Waals surface area (Å²) in [7, 11) is 0. The second-order valence-electron chi connectivity index (χ2n) is 2.18. The molecule has 11 heavy (non-hydrogen) atoms. The van der Waals surface area contributed by atoms with E-state index in [4.69, 9.17) is 0 Å². The molecular weight excluding hydrogens is 146 g/mol. The van der Waals surface area contributed by atoms with E-state index in [1.165, 1.54) is 13.0 Å². The lowest BCUT2D eigenvalue weighted by molar-refractivity contribution is 0.600. The fraction of sp³-hybridized carbons (Fsp3) is 0.333. The third-order valence-corrected chi connectivity index (χ3v) is 1.27. The molecule has 0 saturated carbocycles. The summed E-state index contributed by atoms with van der Waals surface area (Å²) in [5.41, 5.74) is 0.277. The molecule has 0 aromatic carbocycles. The molecule has 0 nitrogen and oxygen atoms in total. The van der Waals surface area contributed by atoms with Crippen molar-refractivity contribution in [2.75, 3.05) is 0 Å². The monoisotopic (exact) mass is 158 g/mol. The molecule has 0 aliphatic carbocycles. The van der Waals surface area contributed by atoms with Crippen molar-refractivity contribution < 1.29 is 8.78 Å². The molecule has 0 saturated heterocycles. The van der Waals surface area contributed by atoms with Crippen LogP contribution >= 0.6 is 0 Å². The minimum Gasteiger partial charge on any atom is -0.212 e. The van der Waals surface area contributed by atoms with Gasteiger partial charge in [-0.15, -0.1) is 0 Å². The van der Waals surface area contributed by atoms with Gasteiger partial charge in [0.05, 0.1) is 5.83 Å². The normalized spacial score (nSPS) is 14.4. The van der Waals surface area contributed by atoms with Crippen LogP contribution in [0.2, 0.25) is 0 Å². The van der Waals surface area contributed by atoms with Crippen molar-refractivity contribution in [3.8, 4) is 0 Å². The average molecular weight is 158 g/mol. The van der Waals surface area contributed by atoms with Crippen molar-refractivity contribution in [2.24, 2.45) is 0 Å². The number of allylic oxidation sites excluding steroid dienone is 5. The summed E-state index contributed by atoms with van der Waals surface area (Å²) >= 11 is 0. The summed E-state index contributed by atoms with van der Waals surface area (Å²) in [6, 6.07) is 0. The first-order valence-corrected chi connectivity index (χ1v) is 3.46. The van der Waals surface area contributed by atoms with Crippen molar-refractivity contribution >= 4 is 0 Å².